The maximum absolute atomic E-state index is 12.9. The number of carbonyl (C=O) groups excluding carboxylic acids is 2. The number of morpholine rings is 1. The summed E-state index contributed by atoms with van der Waals surface area (Å²) < 4.78 is 11.1. The van der Waals surface area contributed by atoms with E-state index < -0.39 is 5.41 Å². The van der Waals surface area contributed by atoms with Crippen LogP contribution in [0, 0.1) is 0 Å². The molecule has 2 fully saturated rings. The van der Waals surface area contributed by atoms with Gasteiger partial charge in [-0.05, 0) is 44.4 Å². The van der Waals surface area contributed by atoms with E-state index in [4.69, 9.17) is 21.1 Å². The molecule has 3 rings (SSSR count). The molecule has 0 radical (unpaired) electrons. The van der Waals surface area contributed by atoms with Gasteiger partial charge < -0.3 is 14.4 Å². The molecule has 1 aromatic carbocycles. The van der Waals surface area contributed by atoms with Gasteiger partial charge in [0.2, 0.25) is 0 Å². The van der Waals surface area contributed by atoms with Gasteiger partial charge in [0.1, 0.15) is 0 Å². The lowest BCUT2D eigenvalue weighted by molar-refractivity contribution is -0.161. The Labute approximate surface area is 159 Å². The molecule has 2 unspecified atom stereocenters. The molecule has 142 valence electrons. The lowest BCUT2D eigenvalue weighted by Crippen LogP contribution is -2.49. The Hall–Kier alpha value is -1.59. The quantitative estimate of drug-likeness (QED) is 0.753. The summed E-state index contributed by atoms with van der Waals surface area (Å²) in [5.41, 5.74) is 0.265. The third kappa shape index (κ3) is 4.04. The van der Waals surface area contributed by atoms with Crippen molar-refractivity contribution in [1.82, 2.24) is 4.90 Å². The number of rotatable bonds is 4. The summed E-state index contributed by atoms with van der Waals surface area (Å²) in [4.78, 5) is 27.1. The predicted octanol–water partition coefficient (Wildman–Crippen LogP) is 3.33. The van der Waals surface area contributed by atoms with Crippen LogP contribution in [0.2, 0.25) is 5.02 Å². The van der Waals surface area contributed by atoms with E-state index in [1.165, 1.54) is 0 Å². The summed E-state index contributed by atoms with van der Waals surface area (Å²) in [6, 6.07) is 7.38. The molecule has 6 heteroatoms. The van der Waals surface area contributed by atoms with E-state index in [0.29, 0.717) is 18.1 Å². The summed E-state index contributed by atoms with van der Waals surface area (Å²) in [6.07, 6.45) is 3.43. The monoisotopic (exact) mass is 379 g/mol. The molecule has 0 bridgehead atoms. The minimum atomic E-state index is -0.656. The first-order chi connectivity index (χ1) is 12.4. The summed E-state index contributed by atoms with van der Waals surface area (Å²) >= 11 is 5.98. The second-order valence-corrected chi connectivity index (χ2v) is 7.86. The van der Waals surface area contributed by atoms with Gasteiger partial charge in [0.25, 0.3) is 5.91 Å². The van der Waals surface area contributed by atoms with Crippen LogP contribution in [0.15, 0.2) is 24.3 Å². The average molecular weight is 380 g/mol. The van der Waals surface area contributed by atoms with Gasteiger partial charge in [-0.3, -0.25) is 9.59 Å². The summed E-state index contributed by atoms with van der Waals surface area (Å²) in [6.45, 7) is 4.73. The molecule has 1 aromatic rings. The number of ether oxygens (including phenoxy) is 2. The van der Waals surface area contributed by atoms with E-state index in [0.717, 1.165) is 31.2 Å². The number of benzene rings is 1. The third-order valence-electron chi connectivity index (χ3n) is 5.34. The molecule has 1 saturated heterocycles. The van der Waals surface area contributed by atoms with Crippen molar-refractivity contribution in [3.05, 3.63) is 34.9 Å². The molecule has 1 aliphatic carbocycles. The molecule has 2 atom stereocenters. The average Bonchev–Trinajstić information content (AvgIpc) is 3.10. The van der Waals surface area contributed by atoms with Gasteiger partial charge in [-0.25, -0.2) is 0 Å². The molecule has 1 aliphatic heterocycles. The molecule has 0 N–H and O–H groups in total. The number of hydrogen-bond donors (Lipinski definition) is 0. The van der Waals surface area contributed by atoms with Crippen LogP contribution in [0.1, 0.15) is 45.1 Å². The second-order valence-electron chi connectivity index (χ2n) is 7.43. The zero-order chi connectivity index (χ0) is 18.7. The van der Waals surface area contributed by atoms with Gasteiger partial charge >= 0.3 is 5.97 Å². The predicted molar refractivity (Wildman–Crippen MR) is 99.1 cm³/mol. The van der Waals surface area contributed by atoms with Crippen LogP contribution < -0.4 is 0 Å². The Balaban J connectivity index is 1.65. The van der Waals surface area contributed by atoms with Gasteiger partial charge in [0.15, 0.2) is 6.61 Å². The number of halogens is 1. The smallest absolute Gasteiger partial charge is 0.317 e. The van der Waals surface area contributed by atoms with Crippen molar-refractivity contribution in [3.8, 4) is 0 Å². The normalized spacial score (nSPS) is 25.1. The van der Waals surface area contributed by atoms with E-state index >= 15 is 0 Å². The lowest BCUT2D eigenvalue weighted by Gasteiger charge is -2.35. The van der Waals surface area contributed by atoms with Crippen molar-refractivity contribution < 1.29 is 19.1 Å². The molecule has 5 nitrogen and oxygen atoms in total. The molecular formula is C20H26ClNO4. The third-order valence-corrected chi connectivity index (χ3v) is 5.60. The second kappa shape index (κ2) is 7.97. The summed E-state index contributed by atoms with van der Waals surface area (Å²) in [7, 11) is 0. The van der Waals surface area contributed by atoms with Gasteiger partial charge in [0.05, 0.1) is 17.6 Å². The fraction of sp³-hybridized carbons (Fsp3) is 0.600. The fourth-order valence-electron chi connectivity index (χ4n) is 4.10. The Morgan fingerprint density at radius 2 is 1.73 bits per heavy atom. The number of esters is 1. The largest absolute Gasteiger partial charge is 0.455 e. The number of nitrogens with zero attached hydrogens (tertiary/aromatic N) is 1. The molecule has 26 heavy (non-hydrogen) atoms. The molecule has 1 heterocycles. The molecule has 0 spiro atoms. The lowest BCUT2D eigenvalue weighted by atomic mass is 9.79. The van der Waals surface area contributed by atoms with Gasteiger partial charge in [-0.1, -0.05) is 36.6 Å². The first-order valence-electron chi connectivity index (χ1n) is 9.27. The van der Waals surface area contributed by atoms with Crippen LogP contribution in [0.5, 0.6) is 0 Å². The van der Waals surface area contributed by atoms with E-state index in [1.54, 1.807) is 17.0 Å². The minimum Gasteiger partial charge on any atom is -0.455 e. The van der Waals surface area contributed by atoms with Crippen molar-refractivity contribution in [2.45, 2.75) is 57.2 Å². The molecule has 1 amide bonds. The van der Waals surface area contributed by atoms with E-state index in [2.05, 4.69) is 0 Å². The number of carbonyl (C=O) groups is 2. The highest BCUT2D eigenvalue weighted by molar-refractivity contribution is 6.30. The van der Waals surface area contributed by atoms with Crippen molar-refractivity contribution in [1.29, 1.82) is 0 Å². The van der Waals surface area contributed by atoms with E-state index in [-0.39, 0.29) is 30.7 Å². The highest BCUT2D eigenvalue weighted by Gasteiger charge is 2.44. The summed E-state index contributed by atoms with van der Waals surface area (Å²) in [5, 5.41) is 0.640. The van der Waals surface area contributed by atoms with Gasteiger partial charge in [-0.15, -0.1) is 0 Å². The van der Waals surface area contributed by atoms with Crippen molar-refractivity contribution in [2.75, 3.05) is 19.7 Å². The maximum atomic E-state index is 12.9. The zero-order valence-corrected chi connectivity index (χ0v) is 16.1. The number of hydrogen-bond acceptors (Lipinski definition) is 4. The van der Waals surface area contributed by atoms with Crippen LogP contribution in [0.4, 0.5) is 0 Å². The van der Waals surface area contributed by atoms with Crippen LogP contribution in [0.3, 0.4) is 0 Å². The Kier molecular flexibility index (Phi) is 5.88. The minimum absolute atomic E-state index is 0.00589. The topological polar surface area (TPSA) is 55.8 Å². The fourth-order valence-corrected chi connectivity index (χ4v) is 4.22. The first kappa shape index (κ1) is 19.2. The zero-order valence-electron chi connectivity index (χ0n) is 15.4. The molecule has 2 aliphatic rings. The van der Waals surface area contributed by atoms with Crippen LogP contribution in [0.25, 0.3) is 0 Å². The van der Waals surface area contributed by atoms with Crippen molar-refractivity contribution >= 4 is 23.5 Å². The van der Waals surface area contributed by atoms with E-state index in [1.807, 2.05) is 26.0 Å². The van der Waals surface area contributed by atoms with Crippen LogP contribution in [-0.2, 0) is 24.5 Å². The number of amides is 1. The SMILES string of the molecule is CC1CN(C(=O)COC(=O)C2(c3ccc(Cl)cc3)CCCC2)CC(C)O1. The molecular weight excluding hydrogens is 354 g/mol. The van der Waals surface area contributed by atoms with Crippen molar-refractivity contribution in [3.63, 3.8) is 0 Å². The molecule has 1 saturated carbocycles. The Morgan fingerprint density at radius 1 is 1.15 bits per heavy atom. The Bertz CT molecular complexity index is 644. The highest BCUT2D eigenvalue weighted by atomic mass is 35.5. The van der Waals surface area contributed by atoms with Crippen LogP contribution >= 0.6 is 11.6 Å². The van der Waals surface area contributed by atoms with Crippen LogP contribution in [-0.4, -0.2) is 48.7 Å². The highest BCUT2D eigenvalue weighted by Crippen LogP contribution is 2.42. The van der Waals surface area contributed by atoms with Gasteiger partial charge in [-0.2, -0.15) is 0 Å². The Morgan fingerprint density at radius 3 is 2.31 bits per heavy atom. The van der Waals surface area contributed by atoms with E-state index in [9.17, 15) is 9.59 Å². The summed E-state index contributed by atoms with van der Waals surface area (Å²) in [5.74, 6) is -0.468. The van der Waals surface area contributed by atoms with Gasteiger partial charge in [0, 0.05) is 18.1 Å². The standard InChI is InChI=1S/C20H26ClNO4/c1-14-11-22(12-15(2)26-14)18(23)13-25-19(24)20(9-3-4-10-20)16-5-7-17(21)8-6-16/h5-8,14-15H,3-4,9-13H2,1-2H3. The van der Waals surface area contributed by atoms with Crippen molar-refractivity contribution in [2.24, 2.45) is 0 Å². The molecule has 0 aromatic heterocycles. The first-order valence-corrected chi connectivity index (χ1v) is 9.65. The maximum Gasteiger partial charge on any atom is 0.317 e.